The van der Waals surface area contributed by atoms with Crippen molar-refractivity contribution in [2.24, 2.45) is 0 Å². The third-order valence-corrected chi connectivity index (χ3v) is 3.35. The molecule has 3 aromatic rings. The molecule has 6 heteroatoms. The molecule has 0 bridgehead atoms. The quantitative estimate of drug-likeness (QED) is 0.385. The van der Waals surface area contributed by atoms with E-state index in [0.29, 0.717) is 13.0 Å². The minimum absolute atomic E-state index is 0. The predicted octanol–water partition coefficient (Wildman–Crippen LogP) is 3.61. The van der Waals surface area contributed by atoms with Crippen LogP contribution in [0.25, 0.3) is 21.7 Å². The van der Waals surface area contributed by atoms with Crippen LogP contribution in [0.15, 0.2) is 42.5 Å². The molecule has 4 N–H and O–H groups in total. The normalized spacial score (nSPS) is 10.0. The van der Waals surface area contributed by atoms with Crippen LogP contribution < -0.4 is 11.1 Å². The average Bonchev–Trinajstić information content (AvgIpc) is 2.48. The summed E-state index contributed by atoms with van der Waals surface area (Å²) in [5.74, 6) is 0.853. The molecule has 1 aromatic heterocycles. The van der Waals surface area contributed by atoms with Crippen LogP contribution in [0.3, 0.4) is 0 Å². The van der Waals surface area contributed by atoms with Gasteiger partial charge in [0.05, 0.1) is 5.52 Å². The monoisotopic (exact) mass is 339 g/mol. The summed E-state index contributed by atoms with van der Waals surface area (Å²) < 4.78 is 0. The third-order valence-electron chi connectivity index (χ3n) is 3.35. The van der Waals surface area contributed by atoms with E-state index in [1.165, 1.54) is 0 Å². The number of aliphatic hydroxyl groups excluding tert-OH is 1. The molecule has 118 valence electrons. The van der Waals surface area contributed by atoms with E-state index in [4.69, 9.17) is 10.8 Å². The van der Waals surface area contributed by atoms with Crippen LogP contribution in [0.1, 0.15) is 6.42 Å². The number of aromatic nitrogens is 1. The average molecular weight is 340 g/mol. The Bertz CT molecular complexity index is 765. The van der Waals surface area contributed by atoms with Crippen molar-refractivity contribution in [3.05, 3.63) is 42.5 Å². The number of pyridine rings is 1. The van der Waals surface area contributed by atoms with Crippen LogP contribution in [0.4, 0.5) is 11.5 Å². The molecule has 2 aromatic carbocycles. The molecule has 0 atom stereocenters. The SMILES string of the molecule is Cl.Cl.Nc1ccc2nc(NCCCO)c3ccccc3c2c1. The zero-order chi connectivity index (χ0) is 13.9. The summed E-state index contributed by atoms with van der Waals surface area (Å²) in [5.41, 5.74) is 7.54. The Labute approximate surface area is 141 Å². The number of hydrogen-bond acceptors (Lipinski definition) is 4. The molecule has 0 aliphatic heterocycles. The number of fused-ring (bicyclic) bond motifs is 3. The van der Waals surface area contributed by atoms with E-state index in [2.05, 4.69) is 16.4 Å². The largest absolute Gasteiger partial charge is 0.399 e. The van der Waals surface area contributed by atoms with E-state index < -0.39 is 0 Å². The fourth-order valence-electron chi connectivity index (χ4n) is 2.39. The first-order valence-electron chi connectivity index (χ1n) is 6.72. The smallest absolute Gasteiger partial charge is 0.134 e. The Morgan fingerprint density at radius 1 is 1.00 bits per heavy atom. The van der Waals surface area contributed by atoms with E-state index in [9.17, 15) is 0 Å². The van der Waals surface area contributed by atoms with E-state index in [-0.39, 0.29) is 31.4 Å². The summed E-state index contributed by atoms with van der Waals surface area (Å²) in [5, 5.41) is 15.4. The van der Waals surface area contributed by atoms with Crippen molar-refractivity contribution in [2.75, 3.05) is 24.2 Å². The molecule has 3 rings (SSSR count). The standard InChI is InChI=1S/C16H17N3O.2ClH/c17-11-6-7-15-14(10-11)12-4-1-2-5-13(12)16(19-15)18-8-3-9-20;;/h1-2,4-7,10,20H,3,8-9,17H2,(H,18,19);2*1H. The van der Waals surface area contributed by atoms with Crippen LogP contribution in [0.5, 0.6) is 0 Å². The molecule has 0 spiro atoms. The van der Waals surface area contributed by atoms with Gasteiger partial charge in [0.25, 0.3) is 0 Å². The Morgan fingerprint density at radius 2 is 1.73 bits per heavy atom. The molecule has 0 aliphatic rings. The van der Waals surface area contributed by atoms with Gasteiger partial charge in [0.1, 0.15) is 5.82 Å². The number of nitrogens with zero attached hydrogens (tertiary/aromatic N) is 1. The summed E-state index contributed by atoms with van der Waals surface area (Å²) in [6, 6.07) is 13.9. The second kappa shape index (κ2) is 8.03. The Kier molecular flexibility index (Phi) is 6.68. The second-order valence-corrected chi connectivity index (χ2v) is 4.79. The summed E-state index contributed by atoms with van der Waals surface area (Å²) in [6.07, 6.45) is 0.704. The van der Waals surface area contributed by atoms with E-state index in [1.54, 1.807) is 0 Å². The van der Waals surface area contributed by atoms with Crippen LogP contribution in [0.2, 0.25) is 0 Å². The molecule has 0 saturated carbocycles. The molecule has 0 fully saturated rings. The van der Waals surface area contributed by atoms with Crippen molar-refractivity contribution in [2.45, 2.75) is 6.42 Å². The lowest BCUT2D eigenvalue weighted by Crippen LogP contribution is -2.05. The van der Waals surface area contributed by atoms with E-state index in [0.717, 1.165) is 33.2 Å². The number of anilines is 2. The van der Waals surface area contributed by atoms with Crippen LogP contribution >= 0.6 is 24.8 Å². The van der Waals surface area contributed by atoms with E-state index >= 15 is 0 Å². The van der Waals surface area contributed by atoms with Crippen molar-refractivity contribution in [3.8, 4) is 0 Å². The lowest BCUT2D eigenvalue weighted by atomic mass is 10.1. The number of nitrogens with two attached hydrogens (primary N) is 1. The number of nitrogen functional groups attached to an aromatic ring is 1. The van der Waals surface area contributed by atoms with Crippen LogP contribution in [0, 0.1) is 0 Å². The van der Waals surface area contributed by atoms with Crippen molar-refractivity contribution >= 4 is 58.0 Å². The minimum atomic E-state index is 0. The Morgan fingerprint density at radius 3 is 2.45 bits per heavy atom. The maximum Gasteiger partial charge on any atom is 0.134 e. The van der Waals surface area contributed by atoms with Crippen LogP contribution in [-0.4, -0.2) is 23.2 Å². The van der Waals surface area contributed by atoms with Gasteiger partial charge < -0.3 is 16.2 Å². The molecular weight excluding hydrogens is 321 g/mol. The topological polar surface area (TPSA) is 71.2 Å². The number of benzene rings is 2. The first-order valence-corrected chi connectivity index (χ1v) is 6.72. The van der Waals surface area contributed by atoms with Crippen LogP contribution in [-0.2, 0) is 0 Å². The van der Waals surface area contributed by atoms with Gasteiger partial charge in [0, 0.05) is 29.6 Å². The summed E-state index contributed by atoms with van der Waals surface area (Å²) in [7, 11) is 0. The van der Waals surface area contributed by atoms with Gasteiger partial charge in [0.15, 0.2) is 0 Å². The number of aliphatic hydroxyl groups is 1. The number of rotatable bonds is 4. The first kappa shape index (κ1) is 18.3. The highest BCUT2D eigenvalue weighted by Gasteiger charge is 2.07. The van der Waals surface area contributed by atoms with Gasteiger partial charge >= 0.3 is 0 Å². The van der Waals surface area contributed by atoms with Gasteiger partial charge in [0.2, 0.25) is 0 Å². The fraction of sp³-hybridized carbons (Fsp3) is 0.188. The van der Waals surface area contributed by atoms with Crippen molar-refractivity contribution in [1.29, 1.82) is 0 Å². The molecule has 22 heavy (non-hydrogen) atoms. The molecule has 0 unspecified atom stereocenters. The molecule has 0 aliphatic carbocycles. The van der Waals surface area contributed by atoms with Gasteiger partial charge in [-0.05, 0) is 30.0 Å². The van der Waals surface area contributed by atoms with Crippen molar-refractivity contribution in [3.63, 3.8) is 0 Å². The summed E-state index contributed by atoms with van der Waals surface area (Å²) in [6.45, 7) is 0.878. The van der Waals surface area contributed by atoms with Gasteiger partial charge in [-0.25, -0.2) is 4.98 Å². The Balaban J connectivity index is 0.00000121. The zero-order valence-corrected chi connectivity index (χ0v) is 13.6. The van der Waals surface area contributed by atoms with Gasteiger partial charge in [-0.15, -0.1) is 24.8 Å². The lowest BCUT2D eigenvalue weighted by molar-refractivity contribution is 0.292. The number of hydrogen-bond donors (Lipinski definition) is 3. The highest BCUT2D eigenvalue weighted by Crippen LogP contribution is 2.30. The fourth-order valence-corrected chi connectivity index (χ4v) is 2.39. The number of halogens is 2. The Hall–Kier alpha value is -1.75. The maximum absolute atomic E-state index is 8.89. The first-order chi connectivity index (χ1) is 9.79. The zero-order valence-electron chi connectivity index (χ0n) is 12.0. The molecule has 4 nitrogen and oxygen atoms in total. The summed E-state index contributed by atoms with van der Waals surface area (Å²) in [4.78, 5) is 4.67. The predicted molar refractivity (Wildman–Crippen MR) is 98.3 cm³/mol. The van der Waals surface area contributed by atoms with Crippen molar-refractivity contribution in [1.82, 2.24) is 4.98 Å². The lowest BCUT2D eigenvalue weighted by Gasteiger charge is -2.11. The summed E-state index contributed by atoms with van der Waals surface area (Å²) >= 11 is 0. The highest BCUT2D eigenvalue weighted by molar-refractivity contribution is 6.10. The van der Waals surface area contributed by atoms with Gasteiger partial charge in [-0.1, -0.05) is 24.3 Å². The highest BCUT2D eigenvalue weighted by atomic mass is 35.5. The molecule has 0 saturated heterocycles. The second-order valence-electron chi connectivity index (χ2n) is 4.79. The van der Waals surface area contributed by atoms with Gasteiger partial charge in [-0.3, -0.25) is 0 Å². The maximum atomic E-state index is 8.89. The van der Waals surface area contributed by atoms with Gasteiger partial charge in [-0.2, -0.15) is 0 Å². The third kappa shape index (κ3) is 3.53. The molecule has 0 radical (unpaired) electrons. The number of nitrogens with one attached hydrogen (secondary N) is 1. The molecule has 1 heterocycles. The van der Waals surface area contributed by atoms with Crippen molar-refractivity contribution < 1.29 is 5.11 Å². The van der Waals surface area contributed by atoms with E-state index in [1.807, 2.05) is 36.4 Å². The molecule has 0 amide bonds. The minimum Gasteiger partial charge on any atom is -0.399 e. The molecular formula is C16H19Cl2N3O.